The Kier molecular flexibility index (Phi) is 12.6. The average molecular weight is 668 g/mol. The summed E-state index contributed by atoms with van der Waals surface area (Å²) >= 11 is 0. The number of rotatable bonds is 6. The third kappa shape index (κ3) is 7.37. The second-order valence-electron chi connectivity index (χ2n) is 8.86. The number of fused-ring (bicyclic) bond motifs is 2. The van der Waals surface area contributed by atoms with Crippen molar-refractivity contribution in [1.82, 2.24) is 39.0 Å². The van der Waals surface area contributed by atoms with Gasteiger partial charge in [0.25, 0.3) is 0 Å². The van der Waals surface area contributed by atoms with Crippen molar-refractivity contribution >= 4 is 42.2 Å². The summed E-state index contributed by atoms with van der Waals surface area (Å²) in [6, 6.07) is 0. The zero-order valence-electron chi connectivity index (χ0n) is 22.6. The minimum Gasteiger partial charge on any atom is -0.566 e. The molecule has 0 aliphatic carbocycles. The summed E-state index contributed by atoms with van der Waals surface area (Å²) in [4.78, 5) is 32.6. The zero-order valence-corrected chi connectivity index (χ0v) is 25.5. The number of aliphatic hydroxyl groups excluding tert-OH is 1. The van der Waals surface area contributed by atoms with Crippen molar-refractivity contribution in [2.24, 2.45) is 0 Å². The monoisotopic (exact) mass is 667 g/mol. The van der Waals surface area contributed by atoms with Gasteiger partial charge in [-0.2, -0.15) is 28.7 Å². The smallest absolute Gasteiger partial charge is 0.566 e. The Labute approximate surface area is 284 Å². The van der Waals surface area contributed by atoms with Gasteiger partial charge in [-0.05, 0) is 28.9 Å². The van der Waals surface area contributed by atoms with E-state index in [2.05, 4.69) is 46.3 Å². The van der Waals surface area contributed by atoms with Crippen LogP contribution in [0.5, 0.6) is 0 Å². The SMILES string of the molecule is C.C.C#C[C@@]1(CO)C=C[C@H](n2cnc3c(N)nc(F)nc32)O1.C#C[C@@]1(CO[P+](=O)[O-])C=C[C@H](n2cnc3c(N)nc(F)nc32)O1.[Na+]. The molecule has 0 bridgehead atoms. The quantitative estimate of drug-likeness (QED) is 0.0686. The Bertz CT molecular complexity index is 1890. The van der Waals surface area contributed by atoms with Crippen LogP contribution in [-0.4, -0.2) is 68.6 Å². The van der Waals surface area contributed by atoms with Gasteiger partial charge in [0.2, 0.25) is 0 Å². The van der Waals surface area contributed by atoms with Crippen molar-refractivity contribution < 1.29 is 66.9 Å². The second kappa shape index (κ2) is 15.1. The standard InChI is InChI=1S/C12H9FN5O4P.C12H10FN5O2.2CH4.Na/c1-2-12(5-21-23(19)20)4-3-7(22-12)18-6-15-8-9(14)16-11(13)17-10(8)18;1-2-12(5-19)4-3-7(20-12)18-6-15-8-9(14)16-11(13)17-10(8)18;;;/h1,3-4,6-7H,5H2,(H2,14,16,17);1,3-4,6-7,19H,5H2,(H2,14,16,17);2*1H4;/q;;;;+1/t2*7-,12+;;;/m11.../s1. The molecular formula is C26H27F2N10NaO6P+. The van der Waals surface area contributed by atoms with Crippen LogP contribution in [0.2, 0.25) is 0 Å². The van der Waals surface area contributed by atoms with Crippen LogP contribution in [-0.2, 0) is 18.6 Å². The maximum atomic E-state index is 13.3. The summed E-state index contributed by atoms with van der Waals surface area (Å²) in [5, 5.41) is 9.28. The van der Waals surface area contributed by atoms with Gasteiger partial charge in [-0.25, -0.2) is 9.97 Å². The number of aromatic nitrogens is 8. The number of nitrogens with zero attached hydrogens (tertiary/aromatic N) is 8. The molecule has 20 heteroatoms. The Morgan fingerprint density at radius 1 is 0.935 bits per heavy atom. The van der Waals surface area contributed by atoms with Crippen LogP contribution in [0.25, 0.3) is 22.3 Å². The van der Waals surface area contributed by atoms with Gasteiger partial charge in [-0.1, -0.05) is 26.7 Å². The summed E-state index contributed by atoms with van der Waals surface area (Å²) in [6.45, 7) is -0.748. The van der Waals surface area contributed by atoms with Gasteiger partial charge in [0.1, 0.15) is 6.61 Å². The van der Waals surface area contributed by atoms with E-state index >= 15 is 0 Å². The Morgan fingerprint density at radius 2 is 1.37 bits per heavy atom. The molecule has 0 fully saturated rings. The molecular weight excluding hydrogens is 640 g/mol. The molecule has 0 spiro atoms. The fourth-order valence-electron chi connectivity index (χ4n) is 4.13. The molecule has 0 saturated heterocycles. The van der Waals surface area contributed by atoms with Gasteiger partial charge in [-0.15, -0.1) is 17.4 Å². The maximum absolute atomic E-state index is 13.3. The van der Waals surface area contributed by atoms with Crippen molar-refractivity contribution in [3.05, 3.63) is 49.1 Å². The predicted octanol–water partition coefficient (Wildman–Crippen LogP) is -1.69. The molecule has 5 atom stereocenters. The summed E-state index contributed by atoms with van der Waals surface area (Å²) in [5.74, 6) is 4.53. The fourth-order valence-corrected chi connectivity index (χ4v) is 4.43. The van der Waals surface area contributed by atoms with Crippen molar-refractivity contribution in [2.45, 2.75) is 38.5 Å². The number of hydrogen-bond donors (Lipinski definition) is 3. The third-order valence-corrected chi connectivity index (χ3v) is 6.56. The number of hydrogen-bond acceptors (Lipinski definition) is 14. The number of nitrogen functional groups attached to an aromatic ring is 2. The predicted molar refractivity (Wildman–Crippen MR) is 155 cm³/mol. The van der Waals surface area contributed by atoms with Crippen LogP contribution in [0.3, 0.4) is 0 Å². The van der Waals surface area contributed by atoms with E-state index in [0.717, 1.165) is 0 Å². The Morgan fingerprint density at radius 3 is 1.76 bits per heavy atom. The first-order valence-electron chi connectivity index (χ1n) is 11.9. The van der Waals surface area contributed by atoms with Crippen molar-refractivity contribution in [1.29, 1.82) is 0 Å². The average Bonchev–Trinajstić information content (AvgIpc) is 3.77. The molecule has 0 saturated carbocycles. The zero-order chi connectivity index (χ0) is 30.9. The second-order valence-corrected chi connectivity index (χ2v) is 9.57. The Balaban J connectivity index is 0.000000303. The van der Waals surface area contributed by atoms with E-state index in [-0.39, 0.29) is 91.6 Å². The molecule has 0 amide bonds. The van der Waals surface area contributed by atoms with E-state index in [4.69, 9.17) is 33.8 Å². The van der Waals surface area contributed by atoms with E-state index in [1.807, 2.05) is 0 Å². The van der Waals surface area contributed by atoms with Crippen LogP contribution in [0.1, 0.15) is 27.3 Å². The molecule has 46 heavy (non-hydrogen) atoms. The van der Waals surface area contributed by atoms with Crippen LogP contribution >= 0.6 is 8.25 Å². The first-order valence-corrected chi connectivity index (χ1v) is 13.0. The first kappa shape index (κ1) is 38.2. The van der Waals surface area contributed by atoms with Gasteiger partial charge in [-0.3, -0.25) is 9.13 Å². The number of ether oxygens (including phenoxy) is 2. The van der Waals surface area contributed by atoms with Gasteiger partial charge in [0, 0.05) is 0 Å². The van der Waals surface area contributed by atoms with Crippen molar-refractivity contribution in [3.63, 3.8) is 0 Å². The molecule has 236 valence electrons. The third-order valence-electron chi connectivity index (χ3n) is 6.22. The maximum Gasteiger partial charge on any atom is 1.00 e. The summed E-state index contributed by atoms with van der Waals surface area (Å²) in [6.07, 6.45) is 16.3. The van der Waals surface area contributed by atoms with Crippen molar-refractivity contribution in [3.8, 4) is 24.7 Å². The molecule has 6 rings (SSSR count). The number of aliphatic hydroxyl groups is 1. The Hall–Kier alpha value is -3.94. The van der Waals surface area contributed by atoms with Gasteiger partial charge in [0.15, 0.2) is 57.6 Å². The van der Waals surface area contributed by atoms with E-state index in [9.17, 15) is 23.3 Å². The summed E-state index contributed by atoms with van der Waals surface area (Å²) < 4.78 is 55.7. The van der Waals surface area contributed by atoms with Gasteiger partial charge in [0.05, 0.1) is 19.3 Å². The van der Waals surface area contributed by atoms with E-state index in [1.165, 1.54) is 27.9 Å². The van der Waals surface area contributed by atoms with Crippen molar-refractivity contribution in [2.75, 3.05) is 24.7 Å². The van der Waals surface area contributed by atoms with Crippen LogP contribution in [0.4, 0.5) is 20.4 Å². The first-order chi connectivity index (χ1) is 20.5. The molecule has 0 aromatic carbocycles. The minimum absolute atomic E-state index is 0. The van der Waals surface area contributed by atoms with Crippen LogP contribution in [0.15, 0.2) is 37.0 Å². The molecule has 4 aromatic rings. The molecule has 16 nitrogen and oxygen atoms in total. The van der Waals surface area contributed by atoms with Gasteiger partial charge >= 0.3 is 50.0 Å². The van der Waals surface area contributed by atoms with E-state index < -0.39 is 44.1 Å². The number of halogens is 2. The van der Waals surface area contributed by atoms with E-state index in [1.54, 1.807) is 18.2 Å². The molecule has 2 aliphatic heterocycles. The summed E-state index contributed by atoms with van der Waals surface area (Å²) in [7, 11) is -3.07. The molecule has 1 unspecified atom stereocenters. The molecule has 4 aromatic heterocycles. The molecule has 2 aliphatic rings. The number of terminal acetylenes is 2. The van der Waals surface area contributed by atoms with Crippen LogP contribution in [0, 0.1) is 36.8 Å². The molecule has 0 radical (unpaired) electrons. The van der Waals surface area contributed by atoms with Gasteiger partial charge < -0.3 is 30.9 Å². The normalized spacial score (nSPS) is 23.0. The number of imidazole rings is 2. The largest absolute Gasteiger partial charge is 1.00 e. The number of anilines is 2. The topological polar surface area (TPSA) is 227 Å². The van der Waals surface area contributed by atoms with Crippen LogP contribution < -0.4 is 45.9 Å². The minimum atomic E-state index is -3.07. The molecule has 6 heterocycles. The number of nitrogens with two attached hydrogens (primary N) is 2. The summed E-state index contributed by atoms with van der Waals surface area (Å²) in [5.41, 5.74) is 9.38. The van der Waals surface area contributed by atoms with E-state index in [0.29, 0.717) is 0 Å². The molecule has 5 N–H and O–H groups in total. The fraction of sp³-hybridized carbons (Fsp3) is 0.308.